The van der Waals surface area contributed by atoms with Crippen LogP contribution in [-0.4, -0.2) is 55.9 Å². The monoisotopic (exact) mass is 441 g/mol. The van der Waals surface area contributed by atoms with Gasteiger partial charge in [-0.1, -0.05) is 18.2 Å². The first kappa shape index (κ1) is 20.9. The zero-order valence-electron chi connectivity index (χ0n) is 17.2. The van der Waals surface area contributed by atoms with Gasteiger partial charge >= 0.3 is 0 Å². The second-order valence-electron chi connectivity index (χ2n) is 7.31. The van der Waals surface area contributed by atoms with Gasteiger partial charge in [0.05, 0.1) is 37.0 Å². The SMILES string of the molecule is COc1ccc(OC)c(-c2nn(-c3ccccc3)cc2C(=O)N[C@H]2CCS(=O)(=O)C2)c1. The van der Waals surface area contributed by atoms with Crippen LogP contribution in [0, 0.1) is 0 Å². The molecule has 1 N–H and O–H groups in total. The van der Waals surface area contributed by atoms with Gasteiger partial charge in [-0.25, -0.2) is 13.1 Å². The third kappa shape index (κ3) is 4.41. The molecular weight excluding hydrogens is 418 g/mol. The molecule has 1 aliphatic rings. The van der Waals surface area contributed by atoms with Crippen LogP contribution < -0.4 is 14.8 Å². The Labute approximate surface area is 180 Å². The van der Waals surface area contributed by atoms with Crippen LogP contribution in [0.2, 0.25) is 0 Å². The van der Waals surface area contributed by atoms with Gasteiger partial charge in [0, 0.05) is 17.8 Å². The van der Waals surface area contributed by atoms with E-state index in [4.69, 9.17) is 9.47 Å². The van der Waals surface area contributed by atoms with Gasteiger partial charge in [-0.15, -0.1) is 0 Å². The van der Waals surface area contributed by atoms with Crippen LogP contribution in [-0.2, 0) is 9.84 Å². The van der Waals surface area contributed by atoms with Crippen LogP contribution in [0.5, 0.6) is 11.5 Å². The Morgan fingerprint density at radius 2 is 1.90 bits per heavy atom. The number of amides is 1. The first-order chi connectivity index (χ1) is 14.9. The molecule has 0 radical (unpaired) electrons. The second-order valence-corrected chi connectivity index (χ2v) is 9.54. The highest BCUT2D eigenvalue weighted by atomic mass is 32.2. The maximum absolute atomic E-state index is 13.2. The van der Waals surface area contributed by atoms with Crippen molar-refractivity contribution in [2.24, 2.45) is 0 Å². The Kier molecular flexibility index (Phi) is 5.69. The highest BCUT2D eigenvalue weighted by Crippen LogP contribution is 2.35. The summed E-state index contributed by atoms with van der Waals surface area (Å²) in [5, 5.41) is 7.51. The lowest BCUT2D eigenvalue weighted by Gasteiger charge is -2.12. The van der Waals surface area contributed by atoms with E-state index in [1.165, 1.54) is 0 Å². The maximum atomic E-state index is 13.2. The van der Waals surface area contributed by atoms with E-state index in [1.54, 1.807) is 43.3 Å². The summed E-state index contributed by atoms with van der Waals surface area (Å²) in [4.78, 5) is 13.2. The molecule has 2 heterocycles. The molecule has 1 atom stereocenters. The second kappa shape index (κ2) is 8.43. The number of aromatic nitrogens is 2. The molecule has 0 aliphatic carbocycles. The smallest absolute Gasteiger partial charge is 0.255 e. The minimum atomic E-state index is -3.12. The quantitative estimate of drug-likeness (QED) is 0.631. The van der Waals surface area contributed by atoms with Crippen LogP contribution in [0.25, 0.3) is 16.9 Å². The minimum Gasteiger partial charge on any atom is -0.497 e. The number of hydrogen-bond donors (Lipinski definition) is 1. The number of hydrogen-bond acceptors (Lipinski definition) is 6. The van der Waals surface area contributed by atoms with Crippen LogP contribution in [0.1, 0.15) is 16.8 Å². The van der Waals surface area contributed by atoms with E-state index in [2.05, 4.69) is 10.4 Å². The Morgan fingerprint density at radius 1 is 1.13 bits per heavy atom. The first-order valence-corrected chi connectivity index (χ1v) is 11.6. The summed E-state index contributed by atoms with van der Waals surface area (Å²) >= 11 is 0. The van der Waals surface area contributed by atoms with Crippen molar-refractivity contribution in [3.63, 3.8) is 0 Å². The van der Waals surface area contributed by atoms with Gasteiger partial charge in [-0.05, 0) is 36.8 Å². The molecule has 8 nitrogen and oxygen atoms in total. The molecule has 1 aliphatic heterocycles. The van der Waals surface area contributed by atoms with Crippen LogP contribution in [0.15, 0.2) is 54.7 Å². The van der Waals surface area contributed by atoms with Gasteiger partial charge in [0.2, 0.25) is 0 Å². The van der Waals surface area contributed by atoms with Gasteiger partial charge < -0.3 is 14.8 Å². The fourth-order valence-electron chi connectivity index (χ4n) is 3.62. The third-order valence-electron chi connectivity index (χ3n) is 5.21. The van der Waals surface area contributed by atoms with Crippen molar-refractivity contribution in [3.05, 3.63) is 60.3 Å². The molecule has 1 fully saturated rings. The zero-order chi connectivity index (χ0) is 22.0. The number of rotatable bonds is 6. The summed E-state index contributed by atoms with van der Waals surface area (Å²) in [6.07, 6.45) is 2.04. The van der Waals surface area contributed by atoms with E-state index in [-0.39, 0.29) is 17.4 Å². The van der Waals surface area contributed by atoms with Crippen molar-refractivity contribution in [1.82, 2.24) is 15.1 Å². The Balaban J connectivity index is 1.79. The van der Waals surface area contributed by atoms with Gasteiger partial charge in [0.25, 0.3) is 5.91 Å². The Bertz CT molecular complexity index is 1210. The van der Waals surface area contributed by atoms with Gasteiger partial charge in [0.15, 0.2) is 9.84 Å². The fourth-order valence-corrected chi connectivity index (χ4v) is 5.30. The minimum absolute atomic E-state index is 0.0522. The van der Waals surface area contributed by atoms with Crippen molar-refractivity contribution in [2.75, 3.05) is 25.7 Å². The molecule has 31 heavy (non-hydrogen) atoms. The van der Waals surface area contributed by atoms with E-state index in [0.717, 1.165) is 5.69 Å². The lowest BCUT2D eigenvalue weighted by Crippen LogP contribution is -2.35. The molecule has 1 saturated heterocycles. The number of methoxy groups -OCH3 is 2. The molecule has 0 spiro atoms. The van der Waals surface area contributed by atoms with E-state index >= 15 is 0 Å². The number of benzene rings is 2. The van der Waals surface area contributed by atoms with Crippen molar-refractivity contribution in [2.45, 2.75) is 12.5 Å². The number of carbonyl (C=O) groups is 1. The largest absolute Gasteiger partial charge is 0.497 e. The molecule has 0 saturated carbocycles. The van der Waals surface area contributed by atoms with Crippen LogP contribution in [0.4, 0.5) is 0 Å². The summed E-state index contributed by atoms with van der Waals surface area (Å²) in [6.45, 7) is 0. The van der Waals surface area contributed by atoms with Gasteiger partial charge in [0.1, 0.15) is 17.2 Å². The van der Waals surface area contributed by atoms with E-state index in [0.29, 0.717) is 34.7 Å². The van der Waals surface area contributed by atoms with E-state index < -0.39 is 15.9 Å². The predicted octanol–water partition coefficient (Wildman–Crippen LogP) is 2.47. The average molecular weight is 442 g/mol. The normalized spacial score (nSPS) is 17.3. The van der Waals surface area contributed by atoms with Crippen molar-refractivity contribution >= 4 is 15.7 Å². The highest BCUT2D eigenvalue weighted by molar-refractivity contribution is 7.91. The Morgan fingerprint density at radius 3 is 2.55 bits per heavy atom. The molecule has 4 rings (SSSR count). The van der Waals surface area contributed by atoms with E-state index in [1.807, 2.05) is 30.3 Å². The average Bonchev–Trinajstić information content (AvgIpc) is 3.37. The molecule has 2 aromatic carbocycles. The van der Waals surface area contributed by atoms with Crippen molar-refractivity contribution in [1.29, 1.82) is 0 Å². The zero-order valence-corrected chi connectivity index (χ0v) is 18.1. The molecule has 9 heteroatoms. The molecular formula is C22H23N3O5S. The fraction of sp³-hybridized carbons (Fsp3) is 0.273. The number of nitrogens with zero attached hydrogens (tertiary/aromatic N) is 2. The molecule has 1 amide bonds. The summed E-state index contributed by atoms with van der Waals surface area (Å²) < 4.78 is 36.0. The molecule has 0 unspecified atom stereocenters. The predicted molar refractivity (Wildman–Crippen MR) is 117 cm³/mol. The summed E-state index contributed by atoms with van der Waals surface area (Å²) in [5.41, 5.74) is 2.12. The molecule has 3 aromatic rings. The number of ether oxygens (including phenoxy) is 2. The third-order valence-corrected chi connectivity index (χ3v) is 6.98. The summed E-state index contributed by atoms with van der Waals surface area (Å²) in [5.74, 6) is 0.778. The topological polar surface area (TPSA) is 99.5 Å². The van der Waals surface area contributed by atoms with Crippen molar-refractivity contribution < 1.29 is 22.7 Å². The first-order valence-electron chi connectivity index (χ1n) is 9.79. The standard InChI is InChI=1S/C22H23N3O5S/c1-29-17-8-9-20(30-2)18(12-17)21-19(13-25(24-21)16-6-4-3-5-7-16)22(26)23-15-10-11-31(27,28)14-15/h3-9,12-13,15H,10-11,14H2,1-2H3,(H,23,26)/t15-/m0/s1. The van der Waals surface area contributed by atoms with Crippen molar-refractivity contribution in [3.8, 4) is 28.4 Å². The van der Waals surface area contributed by atoms with Gasteiger partial charge in [-0.3, -0.25) is 4.79 Å². The summed E-state index contributed by atoms with van der Waals surface area (Å²) in [7, 11) is -0.0130. The lowest BCUT2D eigenvalue weighted by atomic mass is 10.1. The van der Waals surface area contributed by atoms with Gasteiger partial charge in [-0.2, -0.15) is 5.10 Å². The highest BCUT2D eigenvalue weighted by Gasteiger charge is 2.31. The number of nitrogens with one attached hydrogen (secondary N) is 1. The number of carbonyl (C=O) groups excluding carboxylic acids is 1. The number of sulfone groups is 1. The van der Waals surface area contributed by atoms with Crippen LogP contribution in [0.3, 0.4) is 0 Å². The molecule has 162 valence electrons. The lowest BCUT2D eigenvalue weighted by molar-refractivity contribution is 0.0941. The molecule has 0 bridgehead atoms. The Hall–Kier alpha value is -3.33. The summed E-state index contributed by atoms with van der Waals surface area (Å²) in [6, 6.07) is 14.3. The molecule has 1 aromatic heterocycles. The maximum Gasteiger partial charge on any atom is 0.255 e. The van der Waals surface area contributed by atoms with E-state index in [9.17, 15) is 13.2 Å². The number of para-hydroxylation sites is 1. The van der Waals surface area contributed by atoms with Crippen LogP contribution >= 0.6 is 0 Å².